The van der Waals surface area contributed by atoms with Crippen LogP contribution in [0.2, 0.25) is 0 Å². The van der Waals surface area contributed by atoms with Crippen molar-refractivity contribution in [3.63, 3.8) is 0 Å². The predicted octanol–water partition coefficient (Wildman–Crippen LogP) is 4.33. The van der Waals surface area contributed by atoms with Crippen molar-refractivity contribution >= 4 is 28.3 Å². The average molecular weight is 333 g/mol. The molecular weight excluding hydrogens is 314 g/mol. The summed E-state index contributed by atoms with van der Waals surface area (Å²) in [4.78, 5) is 24.8. The van der Waals surface area contributed by atoms with Gasteiger partial charge in [-0.3, -0.25) is 4.79 Å². The molecule has 0 aliphatic carbocycles. The van der Waals surface area contributed by atoms with Crippen molar-refractivity contribution in [1.82, 2.24) is 0 Å². The van der Waals surface area contributed by atoms with Crippen molar-refractivity contribution in [3.05, 3.63) is 77.9 Å². The number of aryl methyl sites for hydroxylation is 1. The van der Waals surface area contributed by atoms with Crippen molar-refractivity contribution in [2.75, 3.05) is 5.32 Å². The van der Waals surface area contributed by atoms with Crippen LogP contribution in [0.15, 0.2) is 66.7 Å². The summed E-state index contributed by atoms with van der Waals surface area (Å²) >= 11 is 0. The second kappa shape index (κ2) is 7.18. The van der Waals surface area contributed by atoms with Gasteiger partial charge >= 0.3 is 5.97 Å². The molecular formula is C21H19NO3. The third-order valence-corrected chi connectivity index (χ3v) is 4.07. The number of carbonyl (C=O) groups is 2. The third kappa shape index (κ3) is 3.69. The molecule has 3 rings (SSSR count). The first-order valence-corrected chi connectivity index (χ1v) is 8.11. The Morgan fingerprint density at radius 1 is 0.920 bits per heavy atom. The van der Waals surface area contributed by atoms with Gasteiger partial charge in [0.2, 0.25) is 0 Å². The molecule has 0 saturated carbocycles. The zero-order chi connectivity index (χ0) is 17.8. The van der Waals surface area contributed by atoms with Crippen molar-refractivity contribution in [1.29, 1.82) is 0 Å². The highest BCUT2D eigenvalue weighted by molar-refractivity contribution is 6.05. The first-order chi connectivity index (χ1) is 12.1. The molecule has 3 aromatic rings. The van der Waals surface area contributed by atoms with Crippen LogP contribution >= 0.6 is 0 Å². The maximum atomic E-state index is 12.5. The van der Waals surface area contributed by atoms with Crippen LogP contribution in [0.25, 0.3) is 10.8 Å². The first kappa shape index (κ1) is 16.7. The fourth-order valence-corrected chi connectivity index (χ4v) is 2.63. The van der Waals surface area contributed by atoms with E-state index in [0.717, 1.165) is 16.3 Å². The summed E-state index contributed by atoms with van der Waals surface area (Å²) < 4.78 is 5.37. The van der Waals surface area contributed by atoms with Gasteiger partial charge in [-0.2, -0.15) is 0 Å². The molecule has 0 radical (unpaired) electrons. The number of benzene rings is 3. The van der Waals surface area contributed by atoms with E-state index >= 15 is 0 Å². The van der Waals surface area contributed by atoms with E-state index in [0.29, 0.717) is 11.3 Å². The Morgan fingerprint density at radius 3 is 2.40 bits per heavy atom. The molecule has 0 saturated heterocycles. The van der Waals surface area contributed by atoms with Crippen LogP contribution < -0.4 is 5.32 Å². The van der Waals surface area contributed by atoms with Gasteiger partial charge in [0.15, 0.2) is 6.10 Å². The summed E-state index contributed by atoms with van der Waals surface area (Å²) in [7, 11) is 0. The summed E-state index contributed by atoms with van der Waals surface area (Å²) in [5.41, 5.74) is 2.11. The maximum absolute atomic E-state index is 12.5. The van der Waals surface area contributed by atoms with Gasteiger partial charge in [0, 0.05) is 5.69 Å². The summed E-state index contributed by atoms with van der Waals surface area (Å²) in [6, 6.07) is 20.5. The van der Waals surface area contributed by atoms with Gasteiger partial charge in [0.1, 0.15) is 0 Å². The Bertz CT molecular complexity index is 928. The van der Waals surface area contributed by atoms with Gasteiger partial charge in [0.25, 0.3) is 5.91 Å². The van der Waals surface area contributed by atoms with Crippen LogP contribution in [-0.4, -0.2) is 18.0 Å². The molecule has 0 unspecified atom stereocenters. The highest BCUT2D eigenvalue weighted by Crippen LogP contribution is 2.20. The lowest BCUT2D eigenvalue weighted by molar-refractivity contribution is -0.123. The third-order valence-electron chi connectivity index (χ3n) is 4.07. The average Bonchev–Trinajstić information content (AvgIpc) is 2.63. The number of hydrogen-bond acceptors (Lipinski definition) is 3. The van der Waals surface area contributed by atoms with Gasteiger partial charge in [-0.15, -0.1) is 0 Å². The second-order valence-electron chi connectivity index (χ2n) is 5.88. The SMILES string of the molecule is Cc1ccccc1NC(=O)[C@@H](C)OC(=O)c1cccc2ccccc12. The first-order valence-electron chi connectivity index (χ1n) is 8.11. The van der Waals surface area contributed by atoms with E-state index in [1.165, 1.54) is 0 Å². The Hall–Kier alpha value is -3.14. The molecule has 3 aromatic carbocycles. The summed E-state index contributed by atoms with van der Waals surface area (Å²) in [6.07, 6.45) is -0.897. The number of ether oxygens (including phenoxy) is 1. The lowest BCUT2D eigenvalue weighted by Crippen LogP contribution is -2.30. The zero-order valence-corrected chi connectivity index (χ0v) is 14.2. The lowest BCUT2D eigenvalue weighted by atomic mass is 10.0. The number of amides is 1. The topological polar surface area (TPSA) is 55.4 Å². The van der Waals surface area contributed by atoms with Crippen LogP contribution in [0, 0.1) is 6.92 Å². The lowest BCUT2D eigenvalue weighted by Gasteiger charge is -2.15. The number of para-hydroxylation sites is 1. The minimum absolute atomic E-state index is 0.358. The van der Waals surface area contributed by atoms with Crippen LogP contribution in [0.3, 0.4) is 0 Å². The Kier molecular flexibility index (Phi) is 4.80. The highest BCUT2D eigenvalue weighted by atomic mass is 16.5. The van der Waals surface area contributed by atoms with Crippen LogP contribution in [0.5, 0.6) is 0 Å². The van der Waals surface area contributed by atoms with Crippen LogP contribution in [-0.2, 0) is 9.53 Å². The van der Waals surface area contributed by atoms with Gasteiger partial charge in [0.05, 0.1) is 5.56 Å². The molecule has 1 atom stereocenters. The molecule has 0 bridgehead atoms. The van der Waals surface area contributed by atoms with E-state index in [4.69, 9.17) is 4.74 Å². The summed E-state index contributed by atoms with van der Waals surface area (Å²) in [5.74, 6) is -0.868. The van der Waals surface area contributed by atoms with Crippen LogP contribution in [0.1, 0.15) is 22.8 Å². The van der Waals surface area contributed by atoms with E-state index in [2.05, 4.69) is 5.32 Å². The van der Waals surface area contributed by atoms with Crippen molar-refractivity contribution in [3.8, 4) is 0 Å². The molecule has 0 spiro atoms. The van der Waals surface area contributed by atoms with Gasteiger partial charge in [-0.05, 0) is 42.3 Å². The minimum Gasteiger partial charge on any atom is -0.449 e. The molecule has 0 heterocycles. The Labute approximate surface area is 146 Å². The van der Waals surface area contributed by atoms with E-state index in [1.54, 1.807) is 19.1 Å². The largest absolute Gasteiger partial charge is 0.449 e. The van der Waals surface area contributed by atoms with E-state index in [9.17, 15) is 9.59 Å². The molecule has 0 fully saturated rings. The van der Waals surface area contributed by atoms with E-state index in [1.807, 2.05) is 61.5 Å². The fraction of sp³-hybridized carbons (Fsp3) is 0.143. The zero-order valence-electron chi connectivity index (χ0n) is 14.2. The molecule has 25 heavy (non-hydrogen) atoms. The molecule has 0 aromatic heterocycles. The summed E-state index contributed by atoms with van der Waals surface area (Å²) in [6.45, 7) is 3.47. The predicted molar refractivity (Wildman–Crippen MR) is 98.6 cm³/mol. The Balaban J connectivity index is 1.74. The molecule has 4 heteroatoms. The monoisotopic (exact) mass is 333 g/mol. The van der Waals surface area contributed by atoms with Crippen molar-refractivity contribution in [2.45, 2.75) is 20.0 Å². The smallest absolute Gasteiger partial charge is 0.339 e. The number of carbonyl (C=O) groups excluding carboxylic acids is 2. The van der Waals surface area contributed by atoms with Crippen molar-refractivity contribution < 1.29 is 14.3 Å². The van der Waals surface area contributed by atoms with E-state index in [-0.39, 0.29) is 5.91 Å². The van der Waals surface area contributed by atoms with Crippen molar-refractivity contribution in [2.24, 2.45) is 0 Å². The number of anilines is 1. The highest BCUT2D eigenvalue weighted by Gasteiger charge is 2.20. The molecule has 126 valence electrons. The normalized spacial score (nSPS) is 11.8. The number of nitrogens with one attached hydrogen (secondary N) is 1. The number of rotatable bonds is 4. The van der Waals surface area contributed by atoms with Gasteiger partial charge in [-0.1, -0.05) is 54.6 Å². The summed E-state index contributed by atoms with van der Waals surface area (Å²) in [5, 5.41) is 4.55. The molecule has 1 amide bonds. The van der Waals surface area contributed by atoms with Gasteiger partial charge in [-0.25, -0.2) is 4.79 Å². The van der Waals surface area contributed by atoms with Crippen LogP contribution in [0.4, 0.5) is 5.69 Å². The molecule has 4 nitrogen and oxygen atoms in total. The Morgan fingerprint density at radius 2 is 1.60 bits per heavy atom. The number of hydrogen-bond donors (Lipinski definition) is 1. The standard InChI is InChI=1S/C21H19NO3/c1-14-8-3-6-13-19(14)22-20(23)15(2)25-21(24)18-12-7-10-16-9-4-5-11-17(16)18/h3-13,15H,1-2H3,(H,22,23)/t15-/m1/s1. The quantitative estimate of drug-likeness (QED) is 0.723. The maximum Gasteiger partial charge on any atom is 0.339 e. The molecule has 0 aliphatic heterocycles. The van der Waals surface area contributed by atoms with E-state index < -0.39 is 12.1 Å². The van der Waals surface area contributed by atoms with Gasteiger partial charge < -0.3 is 10.1 Å². The molecule has 0 aliphatic rings. The molecule has 1 N–H and O–H groups in total. The minimum atomic E-state index is -0.897. The number of fused-ring (bicyclic) bond motifs is 1. The fourth-order valence-electron chi connectivity index (χ4n) is 2.63. The second-order valence-corrected chi connectivity index (χ2v) is 5.88. The number of esters is 1.